The van der Waals surface area contributed by atoms with Crippen LogP contribution in [0.5, 0.6) is 0 Å². The third-order valence-electron chi connectivity index (χ3n) is 3.00. The van der Waals surface area contributed by atoms with Gasteiger partial charge in [0.1, 0.15) is 6.79 Å². The number of carbonyl (C=O) groups excluding carboxylic acids is 2. The van der Waals surface area contributed by atoms with Gasteiger partial charge in [-0.05, 0) is 38.5 Å². The first-order chi connectivity index (χ1) is 11.7. The number of esters is 1. The van der Waals surface area contributed by atoms with E-state index in [1.807, 2.05) is 0 Å². The van der Waals surface area contributed by atoms with Crippen LogP contribution in [0.15, 0.2) is 0 Å². The van der Waals surface area contributed by atoms with E-state index in [0.717, 1.165) is 12.8 Å². The van der Waals surface area contributed by atoms with Gasteiger partial charge < -0.3 is 24.1 Å². The van der Waals surface area contributed by atoms with E-state index in [4.69, 9.17) is 19.3 Å². The van der Waals surface area contributed by atoms with Gasteiger partial charge in [0.05, 0.1) is 13.2 Å². The molecule has 8 heteroatoms. The zero-order valence-corrected chi connectivity index (χ0v) is 14.1. The van der Waals surface area contributed by atoms with Gasteiger partial charge in [0, 0.05) is 26.1 Å². The highest BCUT2D eigenvalue weighted by Gasteiger charge is 2.02. The van der Waals surface area contributed by atoms with Gasteiger partial charge in [0.15, 0.2) is 0 Å². The second-order valence-electron chi connectivity index (χ2n) is 5.14. The zero-order chi connectivity index (χ0) is 17.9. The molecule has 0 aliphatic carbocycles. The quantitative estimate of drug-likeness (QED) is 0.173. The lowest BCUT2D eigenvalue weighted by Gasteiger charge is -2.06. The molecule has 0 bridgehead atoms. The van der Waals surface area contributed by atoms with Crippen LogP contribution in [0.2, 0.25) is 0 Å². The number of unbranched alkanes of at least 4 members (excludes halogenated alkanes) is 3. The Labute approximate surface area is 142 Å². The number of carboxylic acids is 1. The summed E-state index contributed by atoms with van der Waals surface area (Å²) in [6.45, 7) is 2.29. The van der Waals surface area contributed by atoms with Crippen molar-refractivity contribution in [2.75, 3.05) is 33.2 Å². The van der Waals surface area contributed by atoms with E-state index in [1.165, 1.54) is 0 Å². The summed E-state index contributed by atoms with van der Waals surface area (Å²) in [6.07, 6.45) is 4.57. The fraction of sp³-hybridized carbons (Fsp3) is 0.812. The molecule has 0 aromatic rings. The maximum absolute atomic E-state index is 11.4. The van der Waals surface area contributed by atoms with Crippen LogP contribution >= 0.6 is 0 Å². The van der Waals surface area contributed by atoms with E-state index in [9.17, 15) is 14.4 Å². The fourth-order valence-electron chi connectivity index (χ4n) is 1.72. The lowest BCUT2D eigenvalue weighted by Crippen LogP contribution is -2.08. The number of carbonyl (C=O) groups is 3. The number of hydrogen-bond acceptors (Lipinski definition) is 7. The third-order valence-corrected chi connectivity index (χ3v) is 3.00. The maximum Gasteiger partial charge on any atom is 0.305 e. The lowest BCUT2D eigenvalue weighted by molar-refractivity contribution is -0.144. The second-order valence-corrected chi connectivity index (χ2v) is 5.14. The Balaban J connectivity index is 3.15. The van der Waals surface area contributed by atoms with Crippen LogP contribution in [-0.4, -0.2) is 56.7 Å². The van der Waals surface area contributed by atoms with Gasteiger partial charge in [-0.25, -0.2) is 0 Å². The van der Waals surface area contributed by atoms with Gasteiger partial charge in [-0.1, -0.05) is 0 Å². The minimum Gasteiger partial charge on any atom is -0.481 e. The Kier molecular flexibility index (Phi) is 16.4. The molecule has 8 nitrogen and oxygen atoms in total. The molecule has 0 aliphatic rings. The van der Waals surface area contributed by atoms with Crippen LogP contribution in [0.1, 0.15) is 51.4 Å². The highest BCUT2D eigenvalue weighted by molar-refractivity contribution is 5.69. The molecule has 0 aliphatic heterocycles. The minimum absolute atomic E-state index is 0.162. The summed E-state index contributed by atoms with van der Waals surface area (Å²) in [4.78, 5) is 31.5. The van der Waals surface area contributed by atoms with Gasteiger partial charge >= 0.3 is 11.9 Å². The first kappa shape index (κ1) is 22.3. The summed E-state index contributed by atoms with van der Waals surface area (Å²) >= 11 is 0. The Morgan fingerprint density at radius 3 is 2.04 bits per heavy atom. The standard InChI is InChI=1S/C16H28O8/c17-13-21-9-4-2-8-16(20)24-12-6-5-11-23-14-22-10-3-1-7-15(18)19/h13H,1-12,14H2,(H,18,19). The summed E-state index contributed by atoms with van der Waals surface area (Å²) in [5, 5.41) is 8.45. The molecule has 0 atom stereocenters. The van der Waals surface area contributed by atoms with Crippen molar-refractivity contribution in [3.8, 4) is 0 Å². The summed E-state index contributed by atoms with van der Waals surface area (Å²) in [5.41, 5.74) is 0. The summed E-state index contributed by atoms with van der Waals surface area (Å²) in [6, 6.07) is 0. The highest BCUT2D eigenvalue weighted by Crippen LogP contribution is 2.00. The SMILES string of the molecule is O=COCCCCC(=O)OCCCCOCOCCCCC(=O)O. The number of aliphatic carboxylic acids is 1. The lowest BCUT2D eigenvalue weighted by atomic mass is 10.2. The molecular weight excluding hydrogens is 320 g/mol. The first-order valence-electron chi connectivity index (χ1n) is 8.25. The molecular formula is C16H28O8. The molecule has 0 saturated heterocycles. The van der Waals surface area contributed by atoms with Gasteiger partial charge in [0.25, 0.3) is 6.47 Å². The molecule has 1 N–H and O–H groups in total. The summed E-state index contributed by atoms with van der Waals surface area (Å²) < 4.78 is 20.0. The third kappa shape index (κ3) is 18.4. The molecule has 0 aromatic heterocycles. The normalized spacial score (nSPS) is 10.3. The number of hydrogen-bond donors (Lipinski definition) is 1. The van der Waals surface area contributed by atoms with E-state index >= 15 is 0 Å². The van der Waals surface area contributed by atoms with Crippen LogP contribution in [0, 0.1) is 0 Å². The average Bonchev–Trinajstić information content (AvgIpc) is 2.55. The Morgan fingerprint density at radius 2 is 1.38 bits per heavy atom. The van der Waals surface area contributed by atoms with E-state index in [0.29, 0.717) is 65.0 Å². The van der Waals surface area contributed by atoms with E-state index < -0.39 is 5.97 Å². The minimum atomic E-state index is -0.793. The van der Waals surface area contributed by atoms with Crippen molar-refractivity contribution in [2.45, 2.75) is 51.4 Å². The van der Waals surface area contributed by atoms with Crippen LogP contribution in [-0.2, 0) is 33.3 Å². The molecule has 0 radical (unpaired) electrons. The predicted molar refractivity (Wildman–Crippen MR) is 84.3 cm³/mol. The Hall–Kier alpha value is -1.67. The van der Waals surface area contributed by atoms with Crippen LogP contribution < -0.4 is 0 Å². The van der Waals surface area contributed by atoms with E-state index in [2.05, 4.69) is 4.74 Å². The molecule has 0 rings (SSSR count). The Morgan fingerprint density at radius 1 is 0.792 bits per heavy atom. The molecule has 0 heterocycles. The van der Waals surface area contributed by atoms with Crippen molar-refractivity contribution in [1.82, 2.24) is 0 Å². The van der Waals surface area contributed by atoms with Gasteiger partial charge in [-0.15, -0.1) is 0 Å². The molecule has 0 saturated carbocycles. The molecule has 0 unspecified atom stereocenters. The second kappa shape index (κ2) is 17.7. The Bertz CT molecular complexity index is 332. The fourth-order valence-corrected chi connectivity index (χ4v) is 1.72. The van der Waals surface area contributed by atoms with E-state index in [-0.39, 0.29) is 19.2 Å². The van der Waals surface area contributed by atoms with E-state index in [1.54, 1.807) is 0 Å². The zero-order valence-electron chi connectivity index (χ0n) is 14.1. The molecule has 0 aromatic carbocycles. The topological polar surface area (TPSA) is 108 Å². The number of rotatable bonds is 18. The summed E-state index contributed by atoms with van der Waals surface area (Å²) in [7, 11) is 0. The maximum atomic E-state index is 11.4. The largest absolute Gasteiger partial charge is 0.481 e. The monoisotopic (exact) mass is 348 g/mol. The van der Waals surface area contributed by atoms with Crippen molar-refractivity contribution in [3.05, 3.63) is 0 Å². The van der Waals surface area contributed by atoms with Crippen LogP contribution in [0.25, 0.3) is 0 Å². The molecule has 0 amide bonds. The van der Waals surface area contributed by atoms with Gasteiger partial charge in [-0.2, -0.15) is 0 Å². The van der Waals surface area contributed by atoms with Gasteiger partial charge in [0.2, 0.25) is 0 Å². The number of carboxylic acid groups (broad SMARTS) is 1. The van der Waals surface area contributed by atoms with Crippen LogP contribution in [0.3, 0.4) is 0 Å². The molecule has 0 spiro atoms. The number of ether oxygens (including phenoxy) is 4. The van der Waals surface area contributed by atoms with Gasteiger partial charge in [-0.3, -0.25) is 14.4 Å². The highest BCUT2D eigenvalue weighted by atomic mass is 16.7. The first-order valence-corrected chi connectivity index (χ1v) is 8.25. The summed E-state index contributed by atoms with van der Waals surface area (Å²) in [5.74, 6) is -1.04. The average molecular weight is 348 g/mol. The van der Waals surface area contributed by atoms with Crippen molar-refractivity contribution >= 4 is 18.4 Å². The predicted octanol–water partition coefficient (Wildman–Crippen LogP) is 1.90. The van der Waals surface area contributed by atoms with Crippen molar-refractivity contribution in [1.29, 1.82) is 0 Å². The van der Waals surface area contributed by atoms with Crippen LogP contribution in [0.4, 0.5) is 0 Å². The van der Waals surface area contributed by atoms with Crippen molar-refractivity contribution < 1.29 is 38.4 Å². The molecule has 140 valence electrons. The van der Waals surface area contributed by atoms with Crippen molar-refractivity contribution in [3.63, 3.8) is 0 Å². The molecule has 0 fully saturated rings. The molecule has 24 heavy (non-hydrogen) atoms. The van der Waals surface area contributed by atoms with Crippen molar-refractivity contribution in [2.24, 2.45) is 0 Å². The smallest absolute Gasteiger partial charge is 0.305 e.